The second-order valence-corrected chi connectivity index (χ2v) is 13.5. The van der Waals surface area contributed by atoms with Gasteiger partial charge in [-0.3, -0.25) is 9.79 Å². The molecule has 34 heavy (non-hydrogen) atoms. The van der Waals surface area contributed by atoms with E-state index in [1.54, 1.807) is 0 Å². The molecule has 1 aliphatic carbocycles. The predicted molar refractivity (Wildman–Crippen MR) is 142 cm³/mol. The zero-order valence-electron chi connectivity index (χ0n) is 22.3. The van der Waals surface area contributed by atoms with Crippen molar-refractivity contribution in [3.8, 4) is 0 Å². The first-order chi connectivity index (χ1) is 15.9. The molecule has 0 unspecified atom stereocenters. The maximum absolute atomic E-state index is 12.8. The Morgan fingerprint density at radius 3 is 2.35 bits per heavy atom. The topological polar surface area (TPSA) is 56.7 Å². The Morgan fingerprint density at radius 2 is 1.68 bits per heavy atom. The van der Waals surface area contributed by atoms with Gasteiger partial charge in [-0.15, -0.1) is 0 Å². The van der Waals surface area contributed by atoms with Crippen LogP contribution in [0.2, 0.25) is 0 Å². The van der Waals surface area contributed by atoms with Crippen molar-refractivity contribution in [2.24, 2.45) is 22.2 Å². The third-order valence-electron chi connectivity index (χ3n) is 8.67. The smallest absolute Gasteiger partial charge is 0.222 e. The Balaban J connectivity index is 1.58. The van der Waals surface area contributed by atoms with Crippen molar-refractivity contribution in [1.82, 2.24) is 4.90 Å². The summed E-state index contributed by atoms with van der Waals surface area (Å²) in [4.78, 5) is 20.5. The van der Waals surface area contributed by atoms with E-state index in [0.29, 0.717) is 23.8 Å². The molecule has 5 nitrogen and oxygen atoms in total. The molecule has 1 saturated carbocycles. The number of aliphatic imine (C=N–C) groups is 1. The average Bonchev–Trinajstić information content (AvgIpc) is 3.05. The van der Waals surface area contributed by atoms with Gasteiger partial charge in [0.15, 0.2) is 0 Å². The minimum Gasteiger partial charge on any atom is -0.371 e. The highest BCUT2D eigenvalue weighted by Crippen LogP contribution is 2.51. The SMILES string of the molecule is Cc1cc2c(cc1C)N[C@]1(C[C@H]3CCCC(=O)N4CC[C@@H](C1)[C@@H]34)C(=NC(C)(C)CC(C)(C)C)N2. The molecule has 1 aromatic rings. The first kappa shape index (κ1) is 23.7. The van der Waals surface area contributed by atoms with Gasteiger partial charge in [-0.2, -0.15) is 0 Å². The van der Waals surface area contributed by atoms with Crippen LogP contribution in [0.3, 0.4) is 0 Å². The number of fused-ring (bicyclic) bond motifs is 1. The van der Waals surface area contributed by atoms with E-state index >= 15 is 0 Å². The minimum atomic E-state index is -0.195. The minimum absolute atomic E-state index is 0.162. The summed E-state index contributed by atoms with van der Waals surface area (Å²) in [6, 6.07) is 5.00. The molecule has 5 rings (SSSR count). The van der Waals surface area contributed by atoms with Gasteiger partial charge in [0.1, 0.15) is 5.84 Å². The summed E-state index contributed by atoms with van der Waals surface area (Å²) in [5, 5.41) is 7.92. The Labute approximate surface area is 206 Å². The van der Waals surface area contributed by atoms with Gasteiger partial charge in [-0.1, -0.05) is 20.8 Å². The summed E-state index contributed by atoms with van der Waals surface area (Å²) in [6.45, 7) is 16.8. The Hall–Kier alpha value is -2.04. The van der Waals surface area contributed by atoms with Gasteiger partial charge in [-0.05, 0) is 107 Å². The first-order valence-corrected chi connectivity index (χ1v) is 13.4. The van der Waals surface area contributed by atoms with Gasteiger partial charge in [0.2, 0.25) is 5.91 Å². The molecule has 5 heteroatoms. The molecule has 2 N–H and O–H groups in total. The molecule has 0 bridgehead atoms. The quantitative estimate of drug-likeness (QED) is 0.540. The monoisotopic (exact) mass is 464 g/mol. The largest absolute Gasteiger partial charge is 0.371 e. The molecule has 2 saturated heterocycles. The van der Waals surface area contributed by atoms with E-state index in [4.69, 9.17) is 4.99 Å². The van der Waals surface area contributed by atoms with Crippen LogP contribution in [-0.4, -0.2) is 40.3 Å². The molecule has 1 spiro atoms. The van der Waals surface area contributed by atoms with E-state index < -0.39 is 0 Å². The number of carbonyl (C=O) groups is 1. The third kappa shape index (κ3) is 4.24. The third-order valence-corrected chi connectivity index (χ3v) is 8.67. The molecular weight excluding hydrogens is 420 g/mol. The lowest BCUT2D eigenvalue weighted by Gasteiger charge is -2.51. The van der Waals surface area contributed by atoms with Gasteiger partial charge in [0.05, 0.1) is 22.5 Å². The van der Waals surface area contributed by atoms with Crippen LogP contribution in [0.5, 0.6) is 0 Å². The molecule has 0 aromatic heterocycles. The van der Waals surface area contributed by atoms with Crippen molar-refractivity contribution in [1.29, 1.82) is 0 Å². The van der Waals surface area contributed by atoms with Crippen LogP contribution in [0.15, 0.2) is 17.1 Å². The van der Waals surface area contributed by atoms with Crippen molar-refractivity contribution in [2.45, 2.75) is 111 Å². The van der Waals surface area contributed by atoms with Gasteiger partial charge in [0, 0.05) is 19.0 Å². The molecule has 1 aromatic carbocycles. The molecule has 4 atom stereocenters. The van der Waals surface area contributed by atoms with E-state index in [-0.39, 0.29) is 16.5 Å². The average molecular weight is 465 g/mol. The van der Waals surface area contributed by atoms with Gasteiger partial charge >= 0.3 is 0 Å². The number of nitrogens with one attached hydrogen (secondary N) is 2. The molecule has 3 aliphatic heterocycles. The molecule has 0 radical (unpaired) electrons. The number of amides is 1. The predicted octanol–water partition coefficient (Wildman–Crippen LogP) is 6.30. The van der Waals surface area contributed by atoms with Crippen molar-refractivity contribution < 1.29 is 4.79 Å². The number of aryl methyl sites for hydroxylation is 2. The number of rotatable bonds is 2. The second kappa shape index (κ2) is 7.99. The Morgan fingerprint density at radius 1 is 1.03 bits per heavy atom. The van der Waals surface area contributed by atoms with E-state index in [2.05, 4.69) is 76.1 Å². The summed E-state index contributed by atoms with van der Waals surface area (Å²) < 4.78 is 0. The maximum atomic E-state index is 12.8. The number of benzene rings is 1. The maximum Gasteiger partial charge on any atom is 0.222 e. The van der Waals surface area contributed by atoms with Crippen LogP contribution in [-0.2, 0) is 4.79 Å². The second-order valence-electron chi connectivity index (χ2n) is 13.5. The van der Waals surface area contributed by atoms with E-state index in [0.717, 1.165) is 63.0 Å². The molecule has 4 aliphatic rings. The molecule has 3 heterocycles. The lowest BCUT2D eigenvalue weighted by molar-refractivity contribution is -0.132. The van der Waals surface area contributed by atoms with Gasteiger partial charge in [0.25, 0.3) is 0 Å². The summed E-state index contributed by atoms with van der Waals surface area (Å²) in [5.74, 6) is 2.58. The van der Waals surface area contributed by atoms with Crippen LogP contribution < -0.4 is 10.6 Å². The zero-order valence-corrected chi connectivity index (χ0v) is 22.3. The summed E-state index contributed by atoms with van der Waals surface area (Å²) in [6.07, 6.45) is 7.12. The van der Waals surface area contributed by atoms with Crippen LogP contribution in [0, 0.1) is 31.1 Å². The molecule has 1 amide bonds. The highest BCUT2D eigenvalue weighted by atomic mass is 16.2. The van der Waals surface area contributed by atoms with Crippen molar-refractivity contribution >= 4 is 23.1 Å². The van der Waals surface area contributed by atoms with Crippen LogP contribution in [0.1, 0.15) is 90.7 Å². The van der Waals surface area contributed by atoms with Crippen LogP contribution in [0.25, 0.3) is 0 Å². The number of anilines is 2. The Kier molecular flexibility index (Phi) is 5.57. The number of amidine groups is 1. The highest BCUT2D eigenvalue weighted by molar-refractivity contribution is 6.10. The molecule has 186 valence electrons. The molecule has 3 fully saturated rings. The number of nitrogens with zero attached hydrogens (tertiary/aromatic N) is 2. The van der Waals surface area contributed by atoms with E-state index in [1.807, 2.05) is 0 Å². The fraction of sp³-hybridized carbons (Fsp3) is 0.724. The van der Waals surface area contributed by atoms with Crippen LogP contribution >= 0.6 is 0 Å². The normalized spacial score (nSPS) is 32.2. The summed E-state index contributed by atoms with van der Waals surface area (Å²) in [5.41, 5.74) is 4.81. The van der Waals surface area contributed by atoms with Crippen molar-refractivity contribution in [2.75, 3.05) is 17.2 Å². The fourth-order valence-corrected chi connectivity index (χ4v) is 7.72. The lowest BCUT2D eigenvalue weighted by atomic mass is 9.65. The number of carbonyl (C=O) groups excluding carboxylic acids is 1. The highest BCUT2D eigenvalue weighted by Gasteiger charge is 2.55. The standard InChI is InChI=1S/C29H44N4O/c1-18-13-22-23(14-19(18)2)31-29(26(30-22)32-28(6,7)17-27(3,4)5)15-20-9-8-10-24(34)33-12-11-21(16-29)25(20)33/h13-14,20-21,25,31H,8-12,15-17H2,1-7H3,(H,30,32)/t20-,21+,25-,29+/m1/s1. The summed E-state index contributed by atoms with van der Waals surface area (Å²) >= 11 is 0. The lowest BCUT2D eigenvalue weighted by Crippen LogP contribution is -2.61. The van der Waals surface area contributed by atoms with E-state index in [1.165, 1.54) is 16.8 Å². The molecular formula is C29H44N4O. The zero-order chi connectivity index (χ0) is 24.5. The Bertz CT molecular complexity index is 1020. The van der Waals surface area contributed by atoms with Crippen molar-refractivity contribution in [3.05, 3.63) is 23.3 Å². The number of hydrogen-bond acceptors (Lipinski definition) is 3. The number of hydrogen-bond donors (Lipinski definition) is 2. The first-order valence-electron chi connectivity index (χ1n) is 13.4. The summed E-state index contributed by atoms with van der Waals surface area (Å²) in [7, 11) is 0. The fourth-order valence-electron chi connectivity index (χ4n) is 7.72. The van der Waals surface area contributed by atoms with Crippen LogP contribution in [0.4, 0.5) is 11.4 Å². The van der Waals surface area contributed by atoms with Gasteiger partial charge < -0.3 is 15.5 Å². The van der Waals surface area contributed by atoms with Gasteiger partial charge in [-0.25, -0.2) is 0 Å². The van der Waals surface area contributed by atoms with Crippen molar-refractivity contribution in [3.63, 3.8) is 0 Å². The van der Waals surface area contributed by atoms with E-state index in [9.17, 15) is 4.79 Å².